The molecule has 0 radical (unpaired) electrons. The minimum absolute atomic E-state index is 0.319. The summed E-state index contributed by atoms with van der Waals surface area (Å²) in [4.78, 5) is 11.9. The lowest BCUT2D eigenvalue weighted by atomic mass is 10.2. The molecule has 2 rings (SSSR count). The van der Waals surface area contributed by atoms with Gasteiger partial charge >= 0.3 is 0 Å². The number of amides is 1. The third kappa shape index (κ3) is 3.99. The number of carbonyl (C=O) groups excluding carboxylic acids is 1. The van der Waals surface area contributed by atoms with Crippen molar-refractivity contribution in [1.29, 1.82) is 0 Å². The molecule has 0 saturated carbocycles. The molecule has 0 fully saturated rings. The molecule has 0 bridgehead atoms. The lowest BCUT2D eigenvalue weighted by Crippen LogP contribution is -2.17. The van der Waals surface area contributed by atoms with E-state index in [4.69, 9.17) is 21.1 Å². The van der Waals surface area contributed by atoms with Crippen molar-refractivity contribution in [2.75, 3.05) is 14.2 Å². The summed E-state index contributed by atoms with van der Waals surface area (Å²) in [6.45, 7) is 0. The zero-order chi connectivity index (χ0) is 15.9. The first-order valence-corrected chi connectivity index (χ1v) is 6.83. The second kappa shape index (κ2) is 7.47. The van der Waals surface area contributed by atoms with Gasteiger partial charge in [-0.1, -0.05) is 11.6 Å². The summed E-state index contributed by atoms with van der Waals surface area (Å²) >= 11 is 5.77. The van der Waals surface area contributed by atoms with Gasteiger partial charge in [0.05, 0.1) is 20.4 Å². The predicted octanol–water partition coefficient (Wildman–Crippen LogP) is 3.12. The number of methoxy groups -OCH3 is 2. The number of hydrazone groups is 1. The summed E-state index contributed by atoms with van der Waals surface area (Å²) in [5, 5.41) is 4.50. The van der Waals surface area contributed by atoms with E-state index in [0.29, 0.717) is 22.1 Å². The molecule has 5 nitrogen and oxygen atoms in total. The maximum absolute atomic E-state index is 11.9. The molecule has 0 unspecified atom stereocenters. The van der Waals surface area contributed by atoms with Crippen LogP contribution in [-0.4, -0.2) is 26.3 Å². The van der Waals surface area contributed by atoms with E-state index in [1.807, 2.05) is 0 Å². The minimum atomic E-state index is -0.319. The fourth-order valence-electron chi connectivity index (χ4n) is 1.75. The lowest BCUT2D eigenvalue weighted by Gasteiger charge is -2.07. The van der Waals surface area contributed by atoms with Crippen LogP contribution in [0.1, 0.15) is 15.9 Å². The van der Waals surface area contributed by atoms with Crippen LogP contribution in [0.3, 0.4) is 0 Å². The van der Waals surface area contributed by atoms with Crippen molar-refractivity contribution in [3.63, 3.8) is 0 Å². The van der Waals surface area contributed by atoms with E-state index >= 15 is 0 Å². The fraction of sp³-hybridized carbons (Fsp3) is 0.125. The van der Waals surface area contributed by atoms with Gasteiger partial charge in [-0.25, -0.2) is 5.43 Å². The molecule has 0 heterocycles. The van der Waals surface area contributed by atoms with E-state index < -0.39 is 0 Å². The van der Waals surface area contributed by atoms with Crippen molar-refractivity contribution in [3.8, 4) is 11.5 Å². The Morgan fingerprint density at radius 1 is 1.14 bits per heavy atom. The molecule has 2 aromatic rings. The Labute approximate surface area is 133 Å². The average Bonchev–Trinajstić information content (AvgIpc) is 2.55. The van der Waals surface area contributed by atoms with E-state index in [0.717, 1.165) is 5.56 Å². The maximum Gasteiger partial charge on any atom is 0.271 e. The molecule has 0 aliphatic rings. The average molecular weight is 319 g/mol. The van der Waals surface area contributed by atoms with Gasteiger partial charge in [-0.05, 0) is 36.4 Å². The van der Waals surface area contributed by atoms with E-state index in [-0.39, 0.29) is 5.91 Å². The maximum atomic E-state index is 11.9. The van der Waals surface area contributed by atoms with Crippen LogP contribution in [0.25, 0.3) is 0 Å². The second-order valence-electron chi connectivity index (χ2n) is 4.31. The second-order valence-corrected chi connectivity index (χ2v) is 4.75. The summed E-state index contributed by atoms with van der Waals surface area (Å²) in [7, 11) is 3.13. The highest BCUT2D eigenvalue weighted by atomic mass is 35.5. The molecular weight excluding hydrogens is 304 g/mol. The Morgan fingerprint density at radius 2 is 1.86 bits per heavy atom. The van der Waals surface area contributed by atoms with Gasteiger partial charge in [0.15, 0.2) is 0 Å². The Kier molecular flexibility index (Phi) is 5.38. The number of hydrogen-bond acceptors (Lipinski definition) is 4. The van der Waals surface area contributed by atoms with Gasteiger partial charge < -0.3 is 9.47 Å². The molecule has 0 atom stereocenters. The van der Waals surface area contributed by atoms with Crippen LogP contribution in [0.2, 0.25) is 5.02 Å². The molecule has 0 saturated heterocycles. The molecule has 1 N–H and O–H groups in total. The molecule has 2 aromatic carbocycles. The number of halogens is 1. The molecule has 0 aliphatic carbocycles. The molecule has 1 amide bonds. The fourth-order valence-corrected chi connectivity index (χ4v) is 1.88. The predicted molar refractivity (Wildman–Crippen MR) is 86.1 cm³/mol. The minimum Gasteiger partial charge on any atom is -0.497 e. The van der Waals surface area contributed by atoms with E-state index in [2.05, 4.69) is 10.5 Å². The topological polar surface area (TPSA) is 59.9 Å². The summed E-state index contributed by atoms with van der Waals surface area (Å²) in [5.41, 5.74) is 3.64. The number of ether oxygens (including phenoxy) is 2. The standard InChI is InChI=1S/C16H15ClN2O3/c1-21-14-8-5-12(15(9-14)22-2)10-18-19-16(20)11-3-6-13(17)7-4-11/h3-10H,1-2H3,(H,19,20)/b18-10+. The van der Waals surface area contributed by atoms with Gasteiger partial charge in [0.2, 0.25) is 0 Å². The zero-order valence-electron chi connectivity index (χ0n) is 12.2. The summed E-state index contributed by atoms with van der Waals surface area (Å²) < 4.78 is 10.4. The Morgan fingerprint density at radius 3 is 2.50 bits per heavy atom. The van der Waals surface area contributed by atoms with Crippen LogP contribution in [0, 0.1) is 0 Å². The summed E-state index contributed by atoms with van der Waals surface area (Å²) in [6.07, 6.45) is 1.51. The lowest BCUT2D eigenvalue weighted by molar-refractivity contribution is 0.0955. The molecule has 114 valence electrons. The zero-order valence-corrected chi connectivity index (χ0v) is 12.9. The van der Waals surface area contributed by atoms with Crippen LogP contribution in [0.5, 0.6) is 11.5 Å². The third-order valence-corrected chi connectivity index (χ3v) is 3.17. The number of nitrogens with zero attached hydrogens (tertiary/aromatic N) is 1. The Bertz CT molecular complexity index is 684. The van der Waals surface area contributed by atoms with Crippen LogP contribution in [0.15, 0.2) is 47.6 Å². The summed E-state index contributed by atoms with van der Waals surface area (Å²) in [6, 6.07) is 11.9. The molecule has 6 heteroatoms. The first-order chi connectivity index (χ1) is 10.6. The number of hydrogen-bond donors (Lipinski definition) is 1. The van der Waals surface area contributed by atoms with Crippen molar-refractivity contribution in [2.24, 2.45) is 5.10 Å². The van der Waals surface area contributed by atoms with Gasteiger partial charge in [0.1, 0.15) is 11.5 Å². The van der Waals surface area contributed by atoms with E-state index in [1.54, 1.807) is 56.7 Å². The van der Waals surface area contributed by atoms with Gasteiger partial charge in [-0.2, -0.15) is 5.10 Å². The molecule has 0 aliphatic heterocycles. The number of benzene rings is 2. The highest BCUT2D eigenvalue weighted by Crippen LogP contribution is 2.22. The van der Waals surface area contributed by atoms with Gasteiger partial charge in [-0.3, -0.25) is 4.79 Å². The van der Waals surface area contributed by atoms with Crippen molar-refractivity contribution in [1.82, 2.24) is 5.43 Å². The first-order valence-electron chi connectivity index (χ1n) is 6.45. The highest BCUT2D eigenvalue weighted by molar-refractivity contribution is 6.30. The number of carbonyl (C=O) groups is 1. The van der Waals surface area contributed by atoms with Crippen molar-refractivity contribution in [3.05, 3.63) is 58.6 Å². The third-order valence-electron chi connectivity index (χ3n) is 2.92. The number of rotatable bonds is 5. The smallest absolute Gasteiger partial charge is 0.271 e. The monoisotopic (exact) mass is 318 g/mol. The molecule has 0 spiro atoms. The van der Waals surface area contributed by atoms with E-state index in [1.165, 1.54) is 6.21 Å². The molecule has 0 aromatic heterocycles. The van der Waals surface area contributed by atoms with Gasteiger partial charge in [-0.15, -0.1) is 0 Å². The Balaban J connectivity index is 2.06. The molecule has 22 heavy (non-hydrogen) atoms. The number of nitrogens with one attached hydrogen (secondary N) is 1. The van der Waals surface area contributed by atoms with E-state index in [9.17, 15) is 4.79 Å². The first kappa shape index (κ1) is 15.9. The molecular formula is C16H15ClN2O3. The SMILES string of the molecule is COc1ccc(/C=N/NC(=O)c2ccc(Cl)cc2)c(OC)c1. The summed E-state index contributed by atoms with van der Waals surface area (Å²) in [5.74, 6) is 0.962. The van der Waals surface area contributed by atoms with Crippen LogP contribution < -0.4 is 14.9 Å². The van der Waals surface area contributed by atoms with Crippen molar-refractivity contribution in [2.45, 2.75) is 0 Å². The van der Waals surface area contributed by atoms with Crippen molar-refractivity contribution >= 4 is 23.7 Å². The van der Waals surface area contributed by atoms with Crippen LogP contribution >= 0.6 is 11.6 Å². The van der Waals surface area contributed by atoms with Crippen molar-refractivity contribution < 1.29 is 14.3 Å². The normalized spacial score (nSPS) is 10.5. The highest BCUT2D eigenvalue weighted by Gasteiger charge is 2.05. The largest absolute Gasteiger partial charge is 0.497 e. The van der Waals surface area contributed by atoms with Gasteiger partial charge in [0, 0.05) is 22.2 Å². The van der Waals surface area contributed by atoms with Crippen LogP contribution in [0.4, 0.5) is 0 Å². The quantitative estimate of drug-likeness (QED) is 0.680. The Hall–Kier alpha value is -2.53. The van der Waals surface area contributed by atoms with Gasteiger partial charge in [0.25, 0.3) is 5.91 Å². The van der Waals surface area contributed by atoms with Crippen LogP contribution in [-0.2, 0) is 0 Å².